The Bertz CT molecular complexity index is 1260. The minimum Gasteiger partial charge on any atom is -0.497 e. The summed E-state index contributed by atoms with van der Waals surface area (Å²) >= 11 is 0. The van der Waals surface area contributed by atoms with E-state index in [4.69, 9.17) is 28.7 Å². The first-order valence-corrected chi connectivity index (χ1v) is 12.3. The fourth-order valence-electron chi connectivity index (χ4n) is 5.35. The molecule has 0 spiro atoms. The highest BCUT2D eigenvalue weighted by Gasteiger charge is 2.45. The van der Waals surface area contributed by atoms with E-state index in [2.05, 4.69) is 0 Å². The monoisotopic (exact) mass is 507 g/mol. The highest BCUT2D eigenvalue weighted by molar-refractivity contribution is 6.09. The number of ether oxygens (including phenoxy) is 5. The number of esters is 1. The van der Waals surface area contributed by atoms with Crippen LogP contribution in [0.1, 0.15) is 49.7 Å². The standard InChI is InChI=1S/C29H33NO7/c1-7-37-29(32)26-16(2)30-21-12-18(17-8-11-23(34-4)25(14-17)36-6)13-22(31)28(21)27(26)20-10-9-19(33-3)15-24(20)35-5/h8-11,14-15,18,26-27H,7,12-13H2,1-6H3/t18-,26?,27+/m0/s1. The van der Waals surface area contributed by atoms with Gasteiger partial charge in [0.15, 0.2) is 17.3 Å². The summed E-state index contributed by atoms with van der Waals surface area (Å²) in [6, 6.07) is 11.1. The molecule has 8 heteroatoms. The summed E-state index contributed by atoms with van der Waals surface area (Å²) in [5.74, 6) is 0.543. The number of benzene rings is 2. The molecule has 2 aliphatic rings. The highest BCUT2D eigenvalue weighted by atomic mass is 16.5. The Morgan fingerprint density at radius 3 is 2.30 bits per heavy atom. The van der Waals surface area contributed by atoms with E-state index in [-0.39, 0.29) is 24.7 Å². The van der Waals surface area contributed by atoms with Gasteiger partial charge in [-0.2, -0.15) is 0 Å². The van der Waals surface area contributed by atoms with Crippen molar-refractivity contribution in [3.05, 3.63) is 58.8 Å². The van der Waals surface area contributed by atoms with Crippen LogP contribution in [0.15, 0.2) is 52.7 Å². The van der Waals surface area contributed by atoms with Gasteiger partial charge in [-0.3, -0.25) is 14.6 Å². The third kappa shape index (κ3) is 4.92. The molecule has 0 bridgehead atoms. The number of carbonyl (C=O) groups is 2. The second kappa shape index (κ2) is 11.1. The Kier molecular flexibility index (Phi) is 7.86. The van der Waals surface area contributed by atoms with Crippen LogP contribution in [0.4, 0.5) is 0 Å². The average molecular weight is 508 g/mol. The molecular weight excluding hydrogens is 474 g/mol. The second-order valence-corrected chi connectivity index (χ2v) is 9.07. The Hall–Kier alpha value is -3.81. The lowest BCUT2D eigenvalue weighted by Crippen LogP contribution is -2.38. The van der Waals surface area contributed by atoms with Crippen molar-refractivity contribution in [3.63, 3.8) is 0 Å². The molecule has 3 atom stereocenters. The third-order valence-corrected chi connectivity index (χ3v) is 7.08. The Morgan fingerprint density at radius 1 is 0.919 bits per heavy atom. The van der Waals surface area contributed by atoms with Crippen molar-refractivity contribution >= 4 is 17.5 Å². The van der Waals surface area contributed by atoms with E-state index in [0.29, 0.717) is 46.4 Å². The van der Waals surface area contributed by atoms with Crippen LogP contribution in [0.3, 0.4) is 0 Å². The number of hydrogen-bond donors (Lipinski definition) is 0. The van der Waals surface area contributed by atoms with E-state index in [1.54, 1.807) is 47.5 Å². The van der Waals surface area contributed by atoms with E-state index >= 15 is 0 Å². The summed E-state index contributed by atoms with van der Waals surface area (Å²) < 4.78 is 27.3. The number of carbonyl (C=O) groups excluding carboxylic acids is 2. The van der Waals surface area contributed by atoms with E-state index in [1.165, 1.54) is 0 Å². The molecule has 8 nitrogen and oxygen atoms in total. The first kappa shape index (κ1) is 26.3. The molecule has 2 aromatic carbocycles. The van der Waals surface area contributed by atoms with E-state index in [9.17, 15) is 9.59 Å². The maximum Gasteiger partial charge on any atom is 0.315 e. The van der Waals surface area contributed by atoms with Gasteiger partial charge in [0.1, 0.15) is 17.4 Å². The van der Waals surface area contributed by atoms with E-state index < -0.39 is 17.8 Å². The molecule has 0 fully saturated rings. The fourth-order valence-corrected chi connectivity index (χ4v) is 5.35. The zero-order valence-corrected chi connectivity index (χ0v) is 22.1. The van der Waals surface area contributed by atoms with Gasteiger partial charge < -0.3 is 23.7 Å². The molecule has 0 saturated carbocycles. The van der Waals surface area contributed by atoms with Gasteiger partial charge in [0.25, 0.3) is 0 Å². The van der Waals surface area contributed by atoms with Gasteiger partial charge in [-0.1, -0.05) is 12.1 Å². The van der Waals surface area contributed by atoms with Crippen LogP contribution in [0.25, 0.3) is 0 Å². The molecule has 0 saturated heterocycles. The van der Waals surface area contributed by atoms with Crippen LogP contribution < -0.4 is 18.9 Å². The number of aliphatic imine (C=N–C) groups is 1. The zero-order valence-electron chi connectivity index (χ0n) is 22.1. The number of ketones is 1. The smallest absolute Gasteiger partial charge is 0.315 e. The van der Waals surface area contributed by atoms with Gasteiger partial charge in [0.05, 0.1) is 35.0 Å². The molecule has 0 amide bonds. The predicted molar refractivity (Wildman–Crippen MR) is 139 cm³/mol. The van der Waals surface area contributed by atoms with Gasteiger partial charge in [-0.05, 0) is 49.9 Å². The summed E-state index contributed by atoms with van der Waals surface area (Å²) in [6.45, 7) is 3.82. The SMILES string of the molecule is CCOC(=O)C1C(C)=NC2=C(C(=O)C[C@@H](c3ccc(OC)c(OC)c3)C2)[C@@H]1c1ccc(OC)cc1OC. The number of rotatable bonds is 8. The molecule has 1 aliphatic heterocycles. The van der Waals surface area contributed by atoms with E-state index in [0.717, 1.165) is 11.1 Å². The molecule has 0 aromatic heterocycles. The van der Waals surface area contributed by atoms with Crippen molar-refractivity contribution in [1.29, 1.82) is 0 Å². The summed E-state index contributed by atoms with van der Waals surface area (Å²) in [5, 5.41) is 0. The molecule has 0 radical (unpaired) electrons. The number of allylic oxidation sites excluding steroid dienone is 2. The molecule has 2 aromatic rings. The van der Waals surface area contributed by atoms with Crippen LogP contribution in [-0.4, -0.2) is 52.5 Å². The van der Waals surface area contributed by atoms with Crippen molar-refractivity contribution in [3.8, 4) is 23.0 Å². The Balaban J connectivity index is 1.82. The molecule has 1 heterocycles. The Labute approximate surface area is 217 Å². The van der Waals surface area contributed by atoms with Crippen LogP contribution >= 0.6 is 0 Å². The van der Waals surface area contributed by atoms with Crippen molar-refractivity contribution < 1.29 is 33.3 Å². The van der Waals surface area contributed by atoms with Gasteiger partial charge in [-0.25, -0.2) is 0 Å². The second-order valence-electron chi connectivity index (χ2n) is 9.07. The first-order valence-electron chi connectivity index (χ1n) is 12.3. The minimum absolute atomic E-state index is 0.0468. The van der Waals surface area contributed by atoms with Crippen LogP contribution in [0, 0.1) is 5.92 Å². The Morgan fingerprint density at radius 2 is 1.65 bits per heavy atom. The zero-order chi connectivity index (χ0) is 26.7. The molecule has 196 valence electrons. The normalized spacial score (nSPS) is 21.1. The van der Waals surface area contributed by atoms with Gasteiger partial charge in [-0.15, -0.1) is 0 Å². The van der Waals surface area contributed by atoms with Crippen LogP contribution in [0.2, 0.25) is 0 Å². The number of methoxy groups -OCH3 is 4. The van der Waals surface area contributed by atoms with Crippen LogP contribution in [0.5, 0.6) is 23.0 Å². The van der Waals surface area contributed by atoms with Crippen molar-refractivity contribution in [2.45, 2.75) is 38.5 Å². The summed E-state index contributed by atoms with van der Waals surface area (Å²) in [5.41, 5.74) is 3.54. The number of nitrogens with zero attached hydrogens (tertiary/aromatic N) is 1. The van der Waals surface area contributed by atoms with Gasteiger partial charge >= 0.3 is 5.97 Å². The quantitative estimate of drug-likeness (QED) is 0.471. The maximum atomic E-state index is 13.8. The fraction of sp³-hybridized carbons (Fsp3) is 0.414. The number of Topliss-reactive ketones (excluding diaryl/α,β-unsaturated/α-hetero) is 1. The summed E-state index contributed by atoms with van der Waals surface area (Å²) in [4.78, 5) is 31.8. The minimum atomic E-state index is -0.734. The number of hydrogen-bond acceptors (Lipinski definition) is 8. The van der Waals surface area contributed by atoms with E-state index in [1.807, 2.05) is 31.2 Å². The van der Waals surface area contributed by atoms with Crippen molar-refractivity contribution in [2.75, 3.05) is 35.0 Å². The lowest BCUT2D eigenvalue weighted by atomic mass is 9.69. The summed E-state index contributed by atoms with van der Waals surface area (Å²) in [7, 11) is 6.32. The van der Waals surface area contributed by atoms with Gasteiger partial charge in [0, 0.05) is 41.0 Å². The van der Waals surface area contributed by atoms with Gasteiger partial charge in [0.2, 0.25) is 0 Å². The maximum absolute atomic E-state index is 13.8. The first-order chi connectivity index (χ1) is 17.9. The summed E-state index contributed by atoms with van der Waals surface area (Å²) in [6.07, 6.45) is 0.839. The third-order valence-electron chi connectivity index (χ3n) is 7.08. The van der Waals surface area contributed by atoms with Crippen LogP contribution in [-0.2, 0) is 14.3 Å². The average Bonchev–Trinajstić information content (AvgIpc) is 2.91. The molecule has 1 unspecified atom stereocenters. The molecular formula is C29H33NO7. The van der Waals surface area contributed by atoms with Crippen molar-refractivity contribution in [2.24, 2.45) is 10.9 Å². The highest BCUT2D eigenvalue weighted by Crippen LogP contribution is 2.49. The predicted octanol–water partition coefficient (Wildman–Crippen LogP) is 4.86. The lowest BCUT2D eigenvalue weighted by Gasteiger charge is -2.37. The molecule has 1 aliphatic carbocycles. The topological polar surface area (TPSA) is 92.7 Å². The lowest BCUT2D eigenvalue weighted by molar-refractivity contribution is -0.146. The molecule has 37 heavy (non-hydrogen) atoms. The molecule has 4 rings (SSSR count). The van der Waals surface area contributed by atoms with Crippen molar-refractivity contribution in [1.82, 2.24) is 0 Å². The molecule has 0 N–H and O–H groups in total. The largest absolute Gasteiger partial charge is 0.497 e.